The number of carbonyl (C=O) groups excluding carboxylic acids is 1. The van der Waals surface area contributed by atoms with Crippen LogP contribution < -0.4 is 5.73 Å². The number of halogens is 1. The molecule has 25 heavy (non-hydrogen) atoms. The molecule has 0 amide bonds. The van der Waals surface area contributed by atoms with Gasteiger partial charge in [-0.25, -0.2) is 9.79 Å². The van der Waals surface area contributed by atoms with Crippen molar-refractivity contribution in [2.45, 2.75) is 19.9 Å². The smallest absolute Gasteiger partial charge is 0.338 e. The molecule has 1 aromatic carbocycles. The van der Waals surface area contributed by atoms with Crippen LogP contribution in [0.4, 0.5) is 0 Å². The number of hydrogen-bond acceptors (Lipinski definition) is 7. The van der Waals surface area contributed by atoms with Crippen LogP contribution in [-0.4, -0.2) is 22.6 Å². The van der Waals surface area contributed by atoms with Crippen molar-refractivity contribution >= 4 is 34.5 Å². The Morgan fingerprint density at radius 3 is 2.88 bits per heavy atom. The molecule has 0 aliphatic carbocycles. The normalized spacial score (nSPS) is 19.5. The van der Waals surface area contributed by atoms with Crippen LogP contribution in [0.5, 0.6) is 0 Å². The van der Waals surface area contributed by atoms with E-state index in [4.69, 9.17) is 22.1 Å². The summed E-state index contributed by atoms with van der Waals surface area (Å²) in [6.45, 7) is 3.72. The number of carbonyl (C=O) groups is 1. The van der Waals surface area contributed by atoms with Crippen molar-refractivity contribution in [1.82, 2.24) is 4.90 Å². The van der Waals surface area contributed by atoms with Gasteiger partial charge in [-0.15, -0.1) is 0 Å². The second-order valence-electron chi connectivity index (χ2n) is 5.34. The Labute approximate surface area is 154 Å². The first-order chi connectivity index (χ1) is 12.0. The van der Waals surface area contributed by atoms with Crippen molar-refractivity contribution in [3.8, 4) is 6.07 Å². The molecule has 1 atom stereocenters. The van der Waals surface area contributed by atoms with Crippen LogP contribution in [-0.2, 0) is 9.53 Å². The number of aliphatic imine (C=N–C) groups is 1. The molecule has 0 spiro atoms. The van der Waals surface area contributed by atoms with Gasteiger partial charge < -0.3 is 10.5 Å². The zero-order valence-corrected chi connectivity index (χ0v) is 15.2. The highest BCUT2D eigenvalue weighted by Gasteiger charge is 2.43. The maximum absolute atomic E-state index is 12.6. The number of ether oxygens (including phenoxy) is 1. The van der Waals surface area contributed by atoms with Crippen molar-refractivity contribution in [1.29, 1.82) is 5.26 Å². The van der Waals surface area contributed by atoms with E-state index in [2.05, 4.69) is 11.1 Å². The maximum Gasteiger partial charge on any atom is 0.338 e. The van der Waals surface area contributed by atoms with E-state index in [0.717, 1.165) is 0 Å². The Morgan fingerprint density at radius 2 is 2.24 bits per heavy atom. The average molecular weight is 375 g/mol. The molecule has 1 unspecified atom stereocenters. The fourth-order valence-electron chi connectivity index (χ4n) is 2.80. The zero-order chi connectivity index (χ0) is 18.1. The van der Waals surface area contributed by atoms with Crippen LogP contribution in [0.15, 0.2) is 51.3 Å². The molecule has 0 saturated heterocycles. The second kappa shape index (κ2) is 6.82. The van der Waals surface area contributed by atoms with E-state index in [1.165, 1.54) is 11.8 Å². The third-order valence-electron chi connectivity index (χ3n) is 3.87. The number of nitriles is 1. The van der Waals surface area contributed by atoms with Gasteiger partial charge in [-0.3, -0.25) is 4.90 Å². The highest BCUT2D eigenvalue weighted by molar-refractivity contribution is 8.17. The summed E-state index contributed by atoms with van der Waals surface area (Å²) < 4.78 is 5.22. The Morgan fingerprint density at radius 1 is 1.52 bits per heavy atom. The quantitative estimate of drug-likeness (QED) is 0.816. The molecule has 128 valence electrons. The van der Waals surface area contributed by atoms with Gasteiger partial charge in [0, 0.05) is 5.02 Å². The van der Waals surface area contributed by atoms with Crippen molar-refractivity contribution in [2.24, 2.45) is 10.7 Å². The van der Waals surface area contributed by atoms with E-state index in [1.807, 2.05) is 18.2 Å². The fraction of sp³-hybridized carbons (Fsp3) is 0.235. The first kappa shape index (κ1) is 17.4. The lowest BCUT2D eigenvalue weighted by Crippen LogP contribution is -2.38. The Bertz CT molecular complexity index is 885. The summed E-state index contributed by atoms with van der Waals surface area (Å²) in [6, 6.07) is 8.68. The molecule has 2 N–H and O–H groups in total. The lowest BCUT2D eigenvalue weighted by atomic mass is 9.94. The van der Waals surface area contributed by atoms with E-state index < -0.39 is 12.0 Å². The molecule has 0 saturated carbocycles. The van der Waals surface area contributed by atoms with Gasteiger partial charge in [0.1, 0.15) is 16.8 Å². The Kier molecular flexibility index (Phi) is 4.75. The van der Waals surface area contributed by atoms with E-state index in [-0.39, 0.29) is 12.4 Å². The minimum atomic E-state index is -0.599. The number of fused-ring (bicyclic) bond motifs is 1. The van der Waals surface area contributed by atoms with Crippen molar-refractivity contribution in [3.05, 3.63) is 56.8 Å². The first-order valence-electron chi connectivity index (χ1n) is 7.57. The lowest BCUT2D eigenvalue weighted by molar-refractivity contribution is -0.139. The molecule has 2 aliphatic heterocycles. The van der Waals surface area contributed by atoms with Crippen LogP contribution in [0, 0.1) is 11.3 Å². The third-order valence-corrected chi connectivity index (χ3v) is 5.19. The lowest BCUT2D eigenvalue weighted by Gasteiger charge is -2.35. The molecule has 8 heteroatoms. The Hall–Kier alpha value is -2.43. The third kappa shape index (κ3) is 2.88. The Balaban J connectivity index is 2.22. The van der Waals surface area contributed by atoms with Gasteiger partial charge in [-0.2, -0.15) is 5.26 Å². The largest absolute Gasteiger partial charge is 0.463 e. The summed E-state index contributed by atoms with van der Waals surface area (Å²) in [4.78, 5) is 19.1. The monoisotopic (exact) mass is 374 g/mol. The minimum absolute atomic E-state index is 0.241. The van der Waals surface area contributed by atoms with Crippen LogP contribution in [0.3, 0.4) is 0 Å². The number of allylic oxidation sites excluding steroid dienone is 2. The standard InChI is InChI=1S/C17H15ClN4O2S/c1-3-24-16(23)13-9(2)21-17-22(15(20)12(8-19)25-17)14(13)10-6-4-5-7-11(10)18/h4-7,14H,3,20H2,1-2H3. The van der Waals surface area contributed by atoms with Crippen molar-refractivity contribution in [3.63, 3.8) is 0 Å². The predicted molar refractivity (Wildman–Crippen MR) is 97.2 cm³/mol. The molecule has 0 aromatic heterocycles. The summed E-state index contributed by atoms with van der Waals surface area (Å²) in [5.74, 6) is -0.221. The molecule has 0 radical (unpaired) electrons. The van der Waals surface area contributed by atoms with E-state index in [9.17, 15) is 10.1 Å². The van der Waals surface area contributed by atoms with Gasteiger partial charge in [0.2, 0.25) is 0 Å². The van der Waals surface area contributed by atoms with Gasteiger partial charge in [-0.1, -0.05) is 29.8 Å². The van der Waals surface area contributed by atoms with Gasteiger partial charge in [0.15, 0.2) is 5.17 Å². The molecule has 6 nitrogen and oxygen atoms in total. The first-order valence-corrected chi connectivity index (χ1v) is 8.77. The number of amidine groups is 1. The van der Waals surface area contributed by atoms with Crippen molar-refractivity contribution < 1.29 is 9.53 Å². The SMILES string of the molecule is CCOC(=O)C1=C(C)N=C2SC(C#N)=C(N)N2C1c1ccccc1Cl. The number of nitrogens with two attached hydrogens (primary N) is 1. The highest BCUT2D eigenvalue weighted by atomic mass is 35.5. The predicted octanol–water partition coefficient (Wildman–Crippen LogP) is 3.29. The maximum atomic E-state index is 12.6. The molecule has 0 fully saturated rings. The number of esters is 1. The van der Waals surface area contributed by atoms with Crippen molar-refractivity contribution in [2.75, 3.05) is 6.61 Å². The molecule has 0 bridgehead atoms. The van der Waals surface area contributed by atoms with E-state index in [1.54, 1.807) is 24.8 Å². The number of hydrogen-bond donors (Lipinski definition) is 1. The molecular formula is C17H15ClN4O2S. The number of benzene rings is 1. The van der Waals surface area contributed by atoms with Crippen LogP contribution in [0.1, 0.15) is 25.5 Å². The summed E-state index contributed by atoms with van der Waals surface area (Å²) >= 11 is 7.57. The van der Waals surface area contributed by atoms with Gasteiger partial charge in [0.25, 0.3) is 0 Å². The average Bonchev–Trinajstić information content (AvgIpc) is 2.90. The summed E-state index contributed by atoms with van der Waals surface area (Å²) in [7, 11) is 0. The topological polar surface area (TPSA) is 91.7 Å². The summed E-state index contributed by atoms with van der Waals surface area (Å²) in [5, 5.41) is 10.3. The molecular weight excluding hydrogens is 360 g/mol. The summed E-state index contributed by atoms with van der Waals surface area (Å²) in [5.41, 5.74) is 7.75. The second-order valence-corrected chi connectivity index (χ2v) is 6.72. The fourth-order valence-corrected chi connectivity index (χ4v) is 3.96. The molecule has 2 aliphatic rings. The van der Waals surface area contributed by atoms with E-state index in [0.29, 0.717) is 31.9 Å². The van der Waals surface area contributed by atoms with Gasteiger partial charge in [0.05, 0.1) is 23.9 Å². The van der Waals surface area contributed by atoms with Crippen LogP contribution >= 0.6 is 23.4 Å². The molecule has 1 aromatic rings. The van der Waals surface area contributed by atoms with E-state index >= 15 is 0 Å². The van der Waals surface area contributed by atoms with Crippen LogP contribution in [0.25, 0.3) is 0 Å². The van der Waals surface area contributed by atoms with Crippen LogP contribution in [0.2, 0.25) is 5.02 Å². The molecule has 2 heterocycles. The number of thioether (sulfide) groups is 1. The van der Waals surface area contributed by atoms with Gasteiger partial charge in [-0.05, 0) is 37.2 Å². The van der Waals surface area contributed by atoms with Gasteiger partial charge >= 0.3 is 5.97 Å². The molecule has 3 rings (SSSR count). The number of nitrogens with zero attached hydrogens (tertiary/aromatic N) is 3. The minimum Gasteiger partial charge on any atom is -0.463 e. The number of rotatable bonds is 3. The summed E-state index contributed by atoms with van der Waals surface area (Å²) in [6.07, 6.45) is 0. The zero-order valence-electron chi connectivity index (χ0n) is 13.6. The highest BCUT2D eigenvalue weighted by Crippen LogP contribution is 2.46.